The number of carboxylic acid groups (broad SMARTS) is 1. The van der Waals surface area contributed by atoms with Gasteiger partial charge in [0.05, 0.1) is 5.92 Å². The van der Waals surface area contributed by atoms with E-state index in [4.69, 9.17) is 5.11 Å². The lowest BCUT2D eigenvalue weighted by molar-refractivity contribution is -0.140. The summed E-state index contributed by atoms with van der Waals surface area (Å²) >= 11 is 0. The second-order valence-corrected chi connectivity index (χ2v) is 4.83. The molecule has 4 heteroatoms. The molecule has 1 unspecified atom stereocenters. The summed E-state index contributed by atoms with van der Waals surface area (Å²) in [5, 5.41) is 9.00. The predicted octanol–water partition coefficient (Wildman–Crippen LogP) is 2.85. The van der Waals surface area contributed by atoms with Crippen molar-refractivity contribution in [2.75, 3.05) is 11.4 Å². The SMILES string of the molecule is CCCC(=O)N(CC(C)C(=O)O)c1ccc(C)cc1. The van der Waals surface area contributed by atoms with Gasteiger partial charge in [-0.05, 0) is 25.5 Å². The Morgan fingerprint density at radius 1 is 1.26 bits per heavy atom. The van der Waals surface area contributed by atoms with Crippen LogP contribution in [0.3, 0.4) is 0 Å². The van der Waals surface area contributed by atoms with Crippen molar-refractivity contribution in [1.82, 2.24) is 0 Å². The fraction of sp³-hybridized carbons (Fsp3) is 0.467. The van der Waals surface area contributed by atoms with Crippen molar-refractivity contribution in [1.29, 1.82) is 0 Å². The standard InChI is InChI=1S/C15H21NO3/c1-4-5-14(17)16(10-12(3)15(18)19)13-8-6-11(2)7-9-13/h6-9,12H,4-5,10H2,1-3H3,(H,18,19). The summed E-state index contributed by atoms with van der Waals surface area (Å²) < 4.78 is 0. The van der Waals surface area contributed by atoms with E-state index in [1.165, 1.54) is 0 Å². The zero-order valence-electron chi connectivity index (χ0n) is 11.7. The van der Waals surface area contributed by atoms with E-state index in [-0.39, 0.29) is 12.5 Å². The minimum atomic E-state index is -0.888. The Kier molecular flexibility index (Phi) is 5.55. The zero-order chi connectivity index (χ0) is 14.4. The molecule has 0 saturated heterocycles. The van der Waals surface area contributed by atoms with Crippen LogP contribution in [0, 0.1) is 12.8 Å². The van der Waals surface area contributed by atoms with Crippen LogP contribution in [0.2, 0.25) is 0 Å². The molecule has 104 valence electrons. The number of carbonyl (C=O) groups excluding carboxylic acids is 1. The first kappa shape index (κ1) is 15.2. The summed E-state index contributed by atoms with van der Waals surface area (Å²) in [5.74, 6) is -1.50. The molecule has 0 spiro atoms. The van der Waals surface area contributed by atoms with Crippen molar-refractivity contribution in [3.05, 3.63) is 29.8 Å². The minimum Gasteiger partial charge on any atom is -0.481 e. The molecule has 1 amide bonds. The van der Waals surface area contributed by atoms with Crippen molar-refractivity contribution in [2.24, 2.45) is 5.92 Å². The first-order valence-electron chi connectivity index (χ1n) is 6.55. The number of benzene rings is 1. The van der Waals surface area contributed by atoms with E-state index >= 15 is 0 Å². The Morgan fingerprint density at radius 3 is 2.32 bits per heavy atom. The van der Waals surface area contributed by atoms with E-state index in [2.05, 4.69) is 0 Å². The molecule has 1 rings (SSSR count). The number of rotatable bonds is 6. The highest BCUT2D eigenvalue weighted by Gasteiger charge is 2.21. The molecule has 1 aromatic carbocycles. The molecule has 1 N–H and O–H groups in total. The number of carboxylic acids is 1. The van der Waals surface area contributed by atoms with Gasteiger partial charge < -0.3 is 10.0 Å². The Morgan fingerprint density at radius 2 is 1.84 bits per heavy atom. The molecule has 19 heavy (non-hydrogen) atoms. The summed E-state index contributed by atoms with van der Waals surface area (Å²) in [6.07, 6.45) is 1.18. The third-order valence-corrected chi connectivity index (χ3v) is 2.99. The van der Waals surface area contributed by atoms with E-state index < -0.39 is 11.9 Å². The topological polar surface area (TPSA) is 57.6 Å². The van der Waals surface area contributed by atoms with E-state index in [9.17, 15) is 9.59 Å². The number of hydrogen-bond donors (Lipinski definition) is 1. The molecule has 4 nitrogen and oxygen atoms in total. The summed E-state index contributed by atoms with van der Waals surface area (Å²) in [4.78, 5) is 24.7. The average Bonchev–Trinajstić information content (AvgIpc) is 2.37. The molecule has 0 aliphatic heterocycles. The Labute approximate surface area is 114 Å². The van der Waals surface area contributed by atoms with Crippen molar-refractivity contribution < 1.29 is 14.7 Å². The largest absolute Gasteiger partial charge is 0.481 e. The Balaban J connectivity index is 2.94. The van der Waals surface area contributed by atoms with Gasteiger partial charge in [-0.2, -0.15) is 0 Å². The van der Waals surface area contributed by atoms with Crippen molar-refractivity contribution in [3.8, 4) is 0 Å². The molecule has 0 fully saturated rings. The maximum atomic E-state index is 12.1. The molecule has 0 radical (unpaired) electrons. The van der Waals surface area contributed by atoms with Crippen LogP contribution >= 0.6 is 0 Å². The minimum absolute atomic E-state index is 0.0283. The smallest absolute Gasteiger partial charge is 0.308 e. The average molecular weight is 263 g/mol. The lowest BCUT2D eigenvalue weighted by atomic mass is 10.1. The van der Waals surface area contributed by atoms with Crippen LogP contribution in [0.1, 0.15) is 32.3 Å². The fourth-order valence-electron chi connectivity index (χ4n) is 1.78. The molecular formula is C15H21NO3. The van der Waals surface area contributed by atoms with E-state index in [1.54, 1.807) is 11.8 Å². The highest BCUT2D eigenvalue weighted by atomic mass is 16.4. The lowest BCUT2D eigenvalue weighted by Crippen LogP contribution is -2.36. The molecule has 0 heterocycles. The van der Waals surface area contributed by atoms with Gasteiger partial charge in [0.2, 0.25) is 5.91 Å². The lowest BCUT2D eigenvalue weighted by Gasteiger charge is -2.24. The molecule has 1 atom stereocenters. The van der Waals surface area contributed by atoms with Crippen LogP contribution < -0.4 is 4.90 Å². The first-order valence-corrected chi connectivity index (χ1v) is 6.55. The maximum absolute atomic E-state index is 12.1. The summed E-state index contributed by atoms with van der Waals surface area (Å²) in [6.45, 7) is 5.73. The fourth-order valence-corrected chi connectivity index (χ4v) is 1.78. The third-order valence-electron chi connectivity index (χ3n) is 2.99. The van der Waals surface area contributed by atoms with Gasteiger partial charge in [0.1, 0.15) is 0 Å². The normalized spacial score (nSPS) is 11.9. The zero-order valence-corrected chi connectivity index (χ0v) is 11.7. The number of nitrogens with zero attached hydrogens (tertiary/aromatic N) is 1. The Bertz CT molecular complexity index is 439. The summed E-state index contributed by atoms with van der Waals surface area (Å²) in [7, 11) is 0. The third kappa shape index (κ3) is 4.39. The van der Waals surface area contributed by atoms with Gasteiger partial charge in [-0.3, -0.25) is 9.59 Å². The molecule has 1 aromatic rings. The number of amides is 1. The number of aryl methyl sites for hydroxylation is 1. The van der Waals surface area contributed by atoms with Gasteiger partial charge in [-0.25, -0.2) is 0 Å². The van der Waals surface area contributed by atoms with Crippen molar-refractivity contribution >= 4 is 17.6 Å². The molecular weight excluding hydrogens is 242 g/mol. The van der Waals surface area contributed by atoms with E-state index in [0.29, 0.717) is 6.42 Å². The van der Waals surface area contributed by atoms with Crippen LogP contribution in [-0.2, 0) is 9.59 Å². The molecule has 0 aromatic heterocycles. The van der Waals surface area contributed by atoms with Crippen LogP contribution in [0.4, 0.5) is 5.69 Å². The maximum Gasteiger partial charge on any atom is 0.308 e. The second kappa shape index (κ2) is 6.92. The number of carbonyl (C=O) groups is 2. The summed E-state index contributed by atoms with van der Waals surface area (Å²) in [6, 6.07) is 7.56. The van der Waals surface area contributed by atoms with Crippen LogP contribution in [0.25, 0.3) is 0 Å². The number of hydrogen-bond acceptors (Lipinski definition) is 2. The van der Waals surface area contributed by atoms with Crippen molar-refractivity contribution in [2.45, 2.75) is 33.6 Å². The van der Waals surface area contributed by atoms with Crippen LogP contribution in [0.15, 0.2) is 24.3 Å². The predicted molar refractivity (Wildman–Crippen MR) is 75.2 cm³/mol. The quantitative estimate of drug-likeness (QED) is 0.858. The van der Waals surface area contributed by atoms with Crippen molar-refractivity contribution in [3.63, 3.8) is 0 Å². The second-order valence-electron chi connectivity index (χ2n) is 4.83. The monoisotopic (exact) mass is 263 g/mol. The number of anilines is 1. The van der Waals surface area contributed by atoms with Gasteiger partial charge in [-0.15, -0.1) is 0 Å². The van der Waals surface area contributed by atoms with Gasteiger partial charge >= 0.3 is 5.97 Å². The first-order chi connectivity index (χ1) is 8.95. The van der Waals surface area contributed by atoms with E-state index in [1.807, 2.05) is 38.1 Å². The van der Waals surface area contributed by atoms with Gasteiger partial charge in [0.15, 0.2) is 0 Å². The molecule has 0 bridgehead atoms. The van der Waals surface area contributed by atoms with E-state index in [0.717, 1.165) is 17.7 Å². The molecule has 0 saturated carbocycles. The Hall–Kier alpha value is -1.84. The molecule has 0 aliphatic rings. The highest BCUT2D eigenvalue weighted by Crippen LogP contribution is 2.18. The van der Waals surface area contributed by atoms with Gasteiger partial charge in [0, 0.05) is 18.7 Å². The molecule has 0 aliphatic carbocycles. The van der Waals surface area contributed by atoms with Gasteiger partial charge in [-0.1, -0.05) is 31.5 Å². The highest BCUT2D eigenvalue weighted by molar-refractivity contribution is 5.94. The number of aliphatic carboxylic acids is 1. The van der Waals surface area contributed by atoms with Crippen LogP contribution in [0.5, 0.6) is 0 Å². The summed E-state index contributed by atoms with van der Waals surface area (Å²) in [5.41, 5.74) is 1.87. The van der Waals surface area contributed by atoms with Crippen LogP contribution in [-0.4, -0.2) is 23.5 Å². The van der Waals surface area contributed by atoms with Gasteiger partial charge in [0.25, 0.3) is 0 Å².